The number of fused-ring (bicyclic) bond motifs is 6. The Hall–Kier alpha value is -3.66. The highest BCUT2D eigenvalue weighted by Crippen LogP contribution is 2.41. The smallest absolute Gasteiger partial charge is 0.335 e. The summed E-state index contributed by atoms with van der Waals surface area (Å²) in [4.78, 5) is 26.0. The number of nitrogens with zero attached hydrogens (tertiary/aromatic N) is 3. The van der Waals surface area contributed by atoms with E-state index < -0.39 is 5.97 Å². The first kappa shape index (κ1) is 35.7. The molecule has 2 N–H and O–H groups in total. The fourth-order valence-corrected chi connectivity index (χ4v) is 9.66. The van der Waals surface area contributed by atoms with Crippen LogP contribution in [0.1, 0.15) is 81.8 Å². The number of nitrogens with one attached hydrogen (secondary N) is 1. The summed E-state index contributed by atoms with van der Waals surface area (Å²) in [6, 6.07) is 11.8. The van der Waals surface area contributed by atoms with Crippen LogP contribution in [-0.2, 0) is 49.3 Å². The van der Waals surface area contributed by atoms with Crippen LogP contribution in [0.5, 0.6) is 0 Å². The van der Waals surface area contributed by atoms with Gasteiger partial charge in [0.2, 0.25) is 0 Å². The Morgan fingerprint density at radius 1 is 0.745 bits per heavy atom. The molecule has 2 aromatic heterocycles. The number of amides is 1. The molecule has 2 fully saturated rings. The number of carbonyl (C=O) groups excluding carboxylic acids is 1. The minimum Gasteiger partial charge on any atom is -0.478 e. The van der Waals surface area contributed by atoms with E-state index in [1.54, 1.807) is 11.0 Å². The van der Waals surface area contributed by atoms with Crippen molar-refractivity contribution in [2.24, 2.45) is 37.8 Å². The number of carbonyl (C=O) groups is 2. The normalized spacial score (nSPS) is 21.2. The number of aromatic nitrogens is 2. The maximum Gasteiger partial charge on any atom is 0.335 e. The number of carboxylic acid groups (broad SMARTS) is 1. The van der Waals surface area contributed by atoms with Crippen molar-refractivity contribution in [2.45, 2.75) is 64.2 Å². The van der Waals surface area contributed by atoms with Crippen LogP contribution in [0.15, 0.2) is 36.4 Å². The van der Waals surface area contributed by atoms with Crippen LogP contribution in [0, 0.1) is 23.7 Å². The number of benzene rings is 2. The van der Waals surface area contributed by atoms with Crippen LogP contribution in [0.2, 0.25) is 0 Å². The number of hydrogen-bond acceptors (Lipinski definition) is 5. The van der Waals surface area contributed by atoms with Gasteiger partial charge < -0.3 is 33.9 Å². The second-order valence-electron chi connectivity index (χ2n) is 15.5. The second kappa shape index (κ2) is 15.5. The van der Waals surface area contributed by atoms with Gasteiger partial charge in [-0.1, -0.05) is 0 Å². The summed E-state index contributed by atoms with van der Waals surface area (Å²) in [7, 11) is 8.08. The molecule has 2 saturated heterocycles. The summed E-state index contributed by atoms with van der Waals surface area (Å²) >= 11 is 0. The average Bonchev–Trinajstić information content (AvgIpc) is 3.62. The molecule has 4 aromatic rings. The standard InChI is InChI=1S/C23H33N3O2.C19H23NO3/c1-24-10-11-25(2)23(27)18-5-7-22-20(15-18)19-14-17(4-6-21(19)26(22)3)16-8-12-28-13-9-16;1-20-17-4-2-13(12-6-8-23-9-7-12)10-15(17)16-11-14(19(21)22)3-5-18(16)20/h5,7,15-17,24H,4,6,8-14H2,1-3H3;3,5,11-13H,2,4,6-10H2,1H3,(H,21,22). The molecule has 8 rings (SSSR count). The van der Waals surface area contributed by atoms with Crippen molar-refractivity contribution in [1.29, 1.82) is 0 Å². The molecule has 0 bridgehead atoms. The number of aryl methyl sites for hydroxylation is 2. The predicted molar refractivity (Wildman–Crippen MR) is 202 cm³/mol. The van der Waals surface area contributed by atoms with E-state index in [9.17, 15) is 14.7 Å². The van der Waals surface area contributed by atoms with E-state index in [1.165, 1.54) is 71.9 Å². The third-order valence-corrected chi connectivity index (χ3v) is 12.7. The molecule has 0 spiro atoms. The molecular weight excluding hydrogens is 640 g/mol. The lowest BCUT2D eigenvalue weighted by molar-refractivity contribution is 0.0438. The predicted octanol–water partition coefficient (Wildman–Crippen LogP) is 6.41. The Morgan fingerprint density at radius 3 is 1.69 bits per heavy atom. The van der Waals surface area contributed by atoms with Crippen molar-refractivity contribution in [2.75, 3.05) is 53.6 Å². The second-order valence-corrected chi connectivity index (χ2v) is 15.5. The number of ether oxygens (including phenoxy) is 2. The molecule has 4 heterocycles. The van der Waals surface area contributed by atoms with Gasteiger partial charge in [0, 0.05) is 99.4 Å². The number of likely N-dealkylation sites (N-methyl/N-ethyl adjacent to an activating group) is 2. The third kappa shape index (κ3) is 7.22. The monoisotopic (exact) mass is 696 g/mol. The lowest BCUT2D eigenvalue weighted by Gasteiger charge is -2.33. The number of carboxylic acids is 1. The molecule has 0 radical (unpaired) electrons. The lowest BCUT2D eigenvalue weighted by atomic mass is 9.75. The molecule has 9 heteroatoms. The SMILES string of the molecule is CNCCN(C)C(=O)c1ccc2c(c1)c1c(n2C)CCC(C2CCOCC2)C1.Cn1c2c(c3cc(C(=O)O)ccc31)CC(C1CCOCC1)CC2. The van der Waals surface area contributed by atoms with E-state index >= 15 is 0 Å². The molecule has 9 nitrogen and oxygen atoms in total. The average molecular weight is 697 g/mol. The molecule has 0 saturated carbocycles. The summed E-state index contributed by atoms with van der Waals surface area (Å²) in [6.45, 7) is 5.14. The first-order valence-corrected chi connectivity index (χ1v) is 19.2. The summed E-state index contributed by atoms with van der Waals surface area (Å²) < 4.78 is 15.7. The molecule has 2 aliphatic carbocycles. The zero-order valence-electron chi connectivity index (χ0n) is 31.0. The van der Waals surface area contributed by atoms with Crippen molar-refractivity contribution in [3.8, 4) is 0 Å². The maximum atomic E-state index is 12.9. The summed E-state index contributed by atoms with van der Waals surface area (Å²) in [5, 5.41) is 14.8. The minimum absolute atomic E-state index is 0.103. The van der Waals surface area contributed by atoms with E-state index in [0.29, 0.717) is 18.0 Å². The summed E-state index contributed by atoms with van der Waals surface area (Å²) in [5.74, 6) is 2.27. The highest BCUT2D eigenvalue weighted by atomic mass is 16.5. The number of hydrogen-bond donors (Lipinski definition) is 2. The Labute approximate surface area is 302 Å². The van der Waals surface area contributed by atoms with Crippen molar-refractivity contribution in [1.82, 2.24) is 19.4 Å². The third-order valence-electron chi connectivity index (χ3n) is 12.7. The van der Waals surface area contributed by atoms with Gasteiger partial charge in [-0.25, -0.2) is 4.79 Å². The fraction of sp³-hybridized carbons (Fsp3) is 0.571. The van der Waals surface area contributed by atoms with Gasteiger partial charge in [0.05, 0.1) is 5.56 Å². The minimum atomic E-state index is -0.846. The molecule has 4 aliphatic rings. The van der Waals surface area contributed by atoms with Crippen LogP contribution >= 0.6 is 0 Å². The van der Waals surface area contributed by atoms with E-state index in [-0.39, 0.29) is 5.91 Å². The Balaban J connectivity index is 0.000000162. The van der Waals surface area contributed by atoms with Crippen molar-refractivity contribution in [3.05, 3.63) is 70.0 Å². The lowest BCUT2D eigenvalue weighted by Crippen LogP contribution is -2.32. The van der Waals surface area contributed by atoms with Crippen molar-refractivity contribution >= 4 is 33.7 Å². The number of rotatable bonds is 7. The van der Waals surface area contributed by atoms with Crippen molar-refractivity contribution < 1.29 is 24.2 Å². The van der Waals surface area contributed by atoms with Gasteiger partial charge in [0.15, 0.2) is 0 Å². The molecule has 2 aromatic carbocycles. The van der Waals surface area contributed by atoms with Gasteiger partial charge in [0.25, 0.3) is 5.91 Å². The Morgan fingerprint density at radius 2 is 1.22 bits per heavy atom. The number of aromatic carboxylic acids is 1. The molecule has 2 atom stereocenters. The highest BCUT2D eigenvalue weighted by Gasteiger charge is 2.32. The maximum absolute atomic E-state index is 12.9. The summed E-state index contributed by atoms with van der Waals surface area (Å²) in [5.41, 5.74) is 9.32. The molecule has 2 unspecified atom stereocenters. The van der Waals surface area contributed by atoms with Gasteiger partial charge in [0.1, 0.15) is 0 Å². The molecule has 1 amide bonds. The largest absolute Gasteiger partial charge is 0.478 e. The van der Waals surface area contributed by atoms with E-state index in [0.717, 1.165) is 92.9 Å². The van der Waals surface area contributed by atoms with Crippen LogP contribution in [0.4, 0.5) is 0 Å². The highest BCUT2D eigenvalue weighted by molar-refractivity contribution is 5.99. The van der Waals surface area contributed by atoms with E-state index in [4.69, 9.17) is 9.47 Å². The molecule has 51 heavy (non-hydrogen) atoms. The Kier molecular flexibility index (Phi) is 10.9. The van der Waals surface area contributed by atoms with Crippen molar-refractivity contribution in [3.63, 3.8) is 0 Å². The zero-order chi connectivity index (χ0) is 35.6. The van der Waals surface area contributed by atoms with Gasteiger partial charge in [-0.05, 0) is 142 Å². The molecular formula is C42H56N4O5. The first-order valence-electron chi connectivity index (χ1n) is 19.2. The van der Waals surface area contributed by atoms with Crippen LogP contribution in [-0.4, -0.2) is 84.6 Å². The van der Waals surface area contributed by atoms with Crippen LogP contribution < -0.4 is 5.32 Å². The van der Waals surface area contributed by atoms with Crippen LogP contribution in [0.3, 0.4) is 0 Å². The topological polar surface area (TPSA) is 98.0 Å². The quantitative estimate of drug-likeness (QED) is 0.232. The zero-order valence-corrected chi connectivity index (χ0v) is 31.0. The van der Waals surface area contributed by atoms with Gasteiger partial charge >= 0.3 is 5.97 Å². The van der Waals surface area contributed by atoms with Gasteiger partial charge in [-0.3, -0.25) is 4.79 Å². The first-order chi connectivity index (χ1) is 24.7. The van der Waals surface area contributed by atoms with Gasteiger partial charge in [-0.15, -0.1) is 0 Å². The molecule has 2 aliphatic heterocycles. The van der Waals surface area contributed by atoms with Crippen LogP contribution in [0.25, 0.3) is 21.8 Å². The van der Waals surface area contributed by atoms with Gasteiger partial charge in [-0.2, -0.15) is 0 Å². The fourth-order valence-electron chi connectivity index (χ4n) is 9.66. The van der Waals surface area contributed by atoms with E-state index in [2.05, 4.69) is 40.7 Å². The molecule has 274 valence electrons. The van der Waals surface area contributed by atoms with E-state index in [1.807, 2.05) is 32.3 Å². The Bertz CT molecular complexity index is 1880. The summed E-state index contributed by atoms with van der Waals surface area (Å²) in [6.07, 6.45) is 11.7.